The van der Waals surface area contributed by atoms with Crippen LogP contribution in [0, 0.1) is 19.8 Å². The van der Waals surface area contributed by atoms with Gasteiger partial charge in [-0.2, -0.15) is 0 Å². The van der Waals surface area contributed by atoms with E-state index >= 15 is 0 Å². The molecule has 1 aromatic carbocycles. The molecule has 0 unspecified atom stereocenters. The van der Waals surface area contributed by atoms with Crippen LogP contribution in [-0.4, -0.2) is 15.6 Å². The molecule has 1 aromatic heterocycles. The van der Waals surface area contributed by atoms with Crippen molar-refractivity contribution >= 4 is 5.97 Å². The Morgan fingerprint density at radius 1 is 1.17 bits per heavy atom. The maximum atomic E-state index is 12.6. The van der Waals surface area contributed by atoms with E-state index in [1.54, 1.807) is 10.6 Å². The molecular formula is C19H23NO3. The highest BCUT2D eigenvalue weighted by molar-refractivity contribution is 5.87. The van der Waals surface area contributed by atoms with Crippen molar-refractivity contribution in [1.82, 2.24) is 4.57 Å². The summed E-state index contributed by atoms with van der Waals surface area (Å²) < 4.78 is 1.60. The second kappa shape index (κ2) is 6.82. The maximum absolute atomic E-state index is 12.6. The molecule has 0 bridgehead atoms. The third kappa shape index (κ3) is 3.70. The van der Waals surface area contributed by atoms with Crippen LogP contribution in [0.4, 0.5) is 0 Å². The Morgan fingerprint density at radius 2 is 1.87 bits per heavy atom. The molecule has 2 rings (SSSR count). The first kappa shape index (κ1) is 17.0. The van der Waals surface area contributed by atoms with Crippen molar-refractivity contribution in [3.63, 3.8) is 0 Å². The summed E-state index contributed by atoms with van der Waals surface area (Å²) in [4.78, 5) is 23.8. The minimum atomic E-state index is -1.18. The van der Waals surface area contributed by atoms with Gasteiger partial charge in [-0.15, -0.1) is 0 Å². The van der Waals surface area contributed by atoms with Gasteiger partial charge in [0.2, 0.25) is 0 Å². The molecule has 4 nitrogen and oxygen atoms in total. The molecule has 0 saturated heterocycles. The molecule has 0 atom stereocenters. The number of carbonyl (C=O) groups is 1. The van der Waals surface area contributed by atoms with Gasteiger partial charge in [-0.05, 0) is 43.9 Å². The van der Waals surface area contributed by atoms with Gasteiger partial charge in [-0.1, -0.05) is 37.6 Å². The van der Waals surface area contributed by atoms with Crippen LogP contribution >= 0.6 is 0 Å². The van der Waals surface area contributed by atoms with Gasteiger partial charge in [0.25, 0.3) is 5.56 Å². The van der Waals surface area contributed by atoms with Crippen molar-refractivity contribution in [2.75, 3.05) is 0 Å². The van der Waals surface area contributed by atoms with Gasteiger partial charge in [0.05, 0.1) is 5.69 Å². The third-order valence-electron chi connectivity index (χ3n) is 3.99. The van der Waals surface area contributed by atoms with E-state index in [0.29, 0.717) is 12.5 Å². The van der Waals surface area contributed by atoms with Gasteiger partial charge in [0.15, 0.2) is 0 Å². The zero-order valence-corrected chi connectivity index (χ0v) is 14.1. The first-order valence-electron chi connectivity index (χ1n) is 7.86. The lowest BCUT2D eigenvalue weighted by molar-refractivity contribution is 0.0694. The second-order valence-electron chi connectivity index (χ2n) is 6.40. The average molecular weight is 313 g/mol. The molecule has 0 fully saturated rings. The lowest BCUT2D eigenvalue weighted by Gasteiger charge is -2.17. The van der Waals surface area contributed by atoms with E-state index in [1.165, 1.54) is 6.07 Å². The number of hydrogen-bond acceptors (Lipinski definition) is 2. The average Bonchev–Trinajstić information content (AvgIpc) is 2.45. The Hall–Kier alpha value is -2.36. The topological polar surface area (TPSA) is 59.3 Å². The molecule has 0 amide bonds. The standard InChI is InChI=1S/C19H23NO3/c1-12(2)9-10-20-17(8-7-16(18(20)21)19(22)23)15-6-5-13(3)11-14(15)4/h5-8,11-12H,9-10H2,1-4H3,(H,22,23). The number of carboxylic acid groups (broad SMARTS) is 1. The van der Waals surface area contributed by atoms with Crippen LogP contribution in [0.25, 0.3) is 11.3 Å². The molecule has 0 aliphatic carbocycles. The van der Waals surface area contributed by atoms with E-state index in [4.69, 9.17) is 0 Å². The first-order chi connectivity index (χ1) is 10.8. The minimum Gasteiger partial charge on any atom is -0.477 e. The number of rotatable bonds is 5. The molecule has 0 saturated carbocycles. The molecule has 0 aliphatic rings. The molecule has 2 aromatic rings. The van der Waals surface area contributed by atoms with Crippen LogP contribution in [0.15, 0.2) is 35.1 Å². The number of hydrogen-bond donors (Lipinski definition) is 1. The smallest absolute Gasteiger partial charge is 0.341 e. The van der Waals surface area contributed by atoms with Crippen molar-refractivity contribution < 1.29 is 9.90 Å². The summed E-state index contributed by atoms with van der Waals surface area (Å²) in [6.45, 7) is 8.72. The van der Waals surface area contributed by atoms with Crippen LogP contribution < -0.4 is 5.56 Å². The lowest BCUT2D eigenvalue weighted by atomic mass is 10.0. The zero-order chi connectivity index (χ0) is 17.1. The van der Waals surface area contributed by atoms with Gasteiger partial charge >= 0.3 is 5.97 Å². The second-order valence-corrected chi connectivity index (χ2v) is 6.40. The Kier molecular flexibility index (Phi) is 5.04. The predicted molar refractivity (Wildman–Crippen MR) is 92.0 cm³/mol. The van der Waals surface area contributed by atoms with Crippen LogP contribution in [0.3, 0.4) is 0 Å². The number of aromatic nitrogens is 1. The highest BCUT2D eigenvalue weighted by Gasteiger charge is 2.16. The predicted octanol–water partition coefficient (Wildman–Crippen LogP) is 3.88. The van der Waals surface area contributed by atoms with Gasteiger partial charge in [0.1, 0.15) is 5.56 Å². The highest BCUT2D eigenvalue weighted by Crippen LogP contribution is 2.24. The maximum Gasteiger partial charge on any atom is 0.341 e. The Bertz CT molecular complexity index is 788. The highest BCUT2D eigenvalue weighted by atomic mass is 16.4. The summed E-state index contributed by atoms with van der Waals surface area (Å²) in [6.07, 6.45) is 0.820. The van der Waals surface area contributed by atoms with E-state index in [-0.39, 0.29) is 5.56 Å². The molecule has 1 N–H and O–H groups in total. The normalized spacial score (nSPS) is 11.0. The summed E-state index contributed by atoms with van der Waals surface area (Å²) in [5.41, 5.74) is 3.36. The largest absolute Gasteiger partial charge is 0.477 e. The fourth-order valence-corrected chi connectivity index (χ4v) is 2.69. The molecule has 0 aliphatic heterocycles. The van der Waals surface area contributed by atoms with Crippen LogP contribution in [0.1, 0.15) is 41.8 Å². The fourth-order valence-electron chi connectivity index (χ4n) is 2.69. The van der Waals surface area contributed by atoms with Gasteiger partial charge in [-0.3, -0.25) is 4.79 Å². The quantitative estimate of drug-likeness (QED) is 0.911. The number of pyridine rings is 1. The Balaban J connectivity index is 2.64. The zero-order valence-electron chi connectivity index (χ0n) is 14.1. The van der Waals surface area contributed by atoms with E-state index in [9.17, 15) is 14.7 Å². The lowest BCUT2D eigenvalue weighted by Crippen LogP contribution is -2.28. The third-order valence-corrected chi connectivity index (χ3v) is 3.99. The van der Waals surface area contributed by atoms with Gasteiger partial charge < -0.3 is 9.67 Å². The summed E-state index contributed by atoms with van der Waals surface area (Å²) in [6, 6.07) is 9.21. The van der Waals surface area contributed by atoms with E-state index in [0.717, 1.165) is 28.8 Å². The van der Waals surface area contributed by atoms with E-state index < -0.39 is 11.5 Å². The van der Waals surface area contributed by atoms with Crippen LogP contribution in [-0.2, 0) is 6.54 Å². The van der Waals surface area contributed by atoms with Crippen molar-refractivity contribution in [3.8, 4) is 11.3 Å². The molecule has 1 heterocycles. The Morgan fingerprint density at radius 3 is 2.43 bits per heavy atom. The number of benzene rings is 1. The van der Waals surface area contributed by atoms with Crippen LogP contribution in [0.5, 0.6) is 0 Å². The first-order valence-corrected chi connectivity index (χ1v) is 7.86. The van der Waals surface area contributed by atoms with Gasteiger partial charge in [-0.25, -0.2) is 4.79 Å². The number of nitrogens with zero attached hydrogens (tertiary/aromatic N) is 1. The molecule has 0 spiro atoms. The van der Waals surface area contributed by atoms with Crippen molar-refractivity contribution in [2.24, 2.45) is 5.92 Å². The van der Waals surface area contributed by atoms with Gasteiger partial charge in [0, 0.05) is 12.1 Å². The molecular weight excluding hydrogens is 290 g/mol. The monoisotopic (exact) mass is 313 g/mol. The van der Waals surface area contributed by atoms with Crippen molar-refractivity contribution in [2.45, 2.75) is 40.7 Å². The molecule has 23 heavy (non-hydrogen) atoms. The van der Waals surface area contributed by atoms with Crippen LogP contribution in [0.2, 0.25) is 0 Å². The number of aromatic carboxylic acids is 1. The number of aryl methyl sites for hydroxylation is 2. The molecule has 4 heteroatoms. The summed E-state index contributed by atoms with van der Waals surface area (Å²) in [5.74, 6) is -0.747. The fraction of sp³-hybridized carbons (Fsp3) is 0.368. The molecule has 122 valence electrons. The van der Waals surface area contributed by atoms with Crippen molar-refractivity contribution in [3.05, 3.63) is 57.4 Å². The Labute approximate surface area is 136 Å². The van der Waals surface area contributed by atoms with Crippen molar-refractivity contribution in [1.29, 1.82) is 0 Å². The number of carboxylic acids is 1. The van der Waals surface area contributed by atoms with E-state index in [1.807, 2.05) is 26.0 Å². The summed E-state index contributed by atoms with van der Waals surface area (Å²) in [5, 5.41) is 9.21. The summed E-state index contributed by atoms with van der Waals surface area (Å²) in [7, 11) is 0. The summed E-state index contributed by atoms with van der Waals surface area (Å²) >= 11 is 0. The SMILES string of the molecule is Cc1ccc(-c2ccc(C(=O)O)c(=O)n2CCC(C)C)c(C)c1. The molecule has 0 radical (unpaired) electrons. The minimum absolute atomic E-state index is 0.178. The van der Waals surface area contributed by atoms with E-state index in [2.05, 4.69) is 19.9 Å².